The molecule has 5 heteroatoms. The predicted octanol–water partition coefficient (Wildman–Crippen LogP) is 3.29. The van der Waals surface area contributed by atoms with Crippen molar-refractivity contribution in [2.75, 3.05) is 13.7 Å². The van der Waals surface area contributed by atoms with Crippen molar-refractivity contribution in [3.8, 4) is 5.75 Å². The molecule has 2 rings (SSSR count). The lowest BCUT2D eigenvalue weighted by atomic mass is 9.88. The smallest absolute Gasteiger partial charge is 0.308 e. The molecule has 1 aliphatic heterocycles. The summed E-state index contributed by atoms with van der Waals surface area (Å²) >= 11 is 0. The van der Waals surface area contributed by atoms with Gasteiger partial charge in [0.05, 0.1) is 13.0 Å². The molecular formula is C19H27NO4. The molecule has 1 aromatic carbocycles. The fourth-order valence-electron chi connectivity index (χ4n) is 3.53. The summed E-state index contributed by atoms with van der Waals surface area (Å²) in [6.45, 7) is 4.58. The van der Waals surface area contributed by atoms with E-state index in [-0.39, 0.29) is 17.9 Å². The molecule has 1 heterocycles. The van der Waals surface area contributed by atoms with E-state index in [1.54, 1.807) is 12.0 Å². The van der Waals surface area contributed by atoms with Gasteiger partial charge in [-0.3, -0.25) is 9.59 Å². The molecule has 1 saturated heterocycles. The highest BCUT2D eigenvalue weighted by Crippen LogP contribution is 2.29. The molecule has 0 aliphatic carbocycles. The Labute approximate surface area is 143 Å². The molecule has 1 fully saturated rings. The number of amides is 1. The van der Waals surface area contributed by atoms with Crippen LogP contribution in [0.5, 0.6) is 5.75 Å². The fraction of sp³-hybridized carbons (Fsp3) is 0.579. The van der Waals surface area contributed by atoms with Gasteiger partial charge in [0.25, 0.3) is 0 Å². The van der Waals surface area contributed by atoms with Crippen LogP contribution in [0.2, 0.25) is 0 Å². The van der Waals surface area contributed by atoms with Crippen LogP contribution in [0, 0.1) is 5.92 Å². The highest BCUT2D eigenvalue weighted by molar-refractivity contribution is 5.79. The van der Waals surface area contributed by atoms with E-state index in [0.29, 0.717) is 19.4 Å². The molecule has 1 amide bonds. The first-order chi connectivity index (χ1) is 11.5. The van der Waals surface area contributed by atoms with Crippen molar-refractivity contribution >= 4 is 11.9 Å². The van der Waals surface area contributed by atoms with E-state index < -0.39 is 11.9 Å². The summed E-state index contributed by atoms with van der Waals surface area (Å²) < 4.78 is 5.18. The number of ether oxygens (including phenoxy) is 1. The molecule has 0 saturated carbocycles. The van der Waals surface area contributed by atoms with Crippen LogP contribution in [0.15, 0.2) is 24.3 Å². The van der Waals surface area contributed by atoms with E-state index in [0.717, 1.165) is 24.2 Å². The number of likely N-dealkylation sites (tertiary alicyclic amines) is 1. The molecule has 0 bridgehead atoms. The first-order valence-corrected chi connectivity index (χ1v) is 8.64. The largest absolute Gasteiger partial charge is 0.497 e. The van der Waals surface area contributed by atoms with E-state index >= 15 is 0 Å². The zero-order valence-corrected chi connectivity index (χ0v) is 14.7. The number of hydrogen-bond acceptors (Lipinski definition) is 3. The molecule has 1 aromatic rings. The zero-order chi connectivity index (χ0) is 17.7. The Bertz CT molecular complexity index is 569. The van der Waals surface area contributed by atoms with Gasteiger partial charge in [-0.15, -0.1) is 0 Å². The molecule has 1 aliphatic rings. The second-order valence-electron chi connectivity index (χ2n) is 6.50. The first-order valence-electron chi connectivity index (χ1n) is 8.64. The molecule has 0 spiro atoms. The van der Waals surface area contributed by atoms with Crippen LogP contribution in [0.3, 0.4) is 0 Å². The summed E-state index contributed by atoms with van der Waals surface area (Å²) in [5, 5.41) is 9.31. The molecular weight excluding hydrogens is 306 g/mol. The molecule has 3 atom stereocenters. The van der Waals surface area contributed by atoms with E-state index in [9.17, 15) is 14.7 Å². The number of carbonyl (C=O) groups is 2. The number of carboxylic acid groups (broad SMARTS) is 1. The number of nitrogens with zero attached hydrogens (tertiary/aromatic N) is 1. The van der Waals surface area contributed by atoms with Crippen LogP contribution in [-0.2, 0) is 9.59 Å². The highest BCUT2D eigenvalue weighted by Gasteiger charge is 2.35. The van der Waals surface area contributed by atoms with Crippen LogP contribution >= 0.6 is 0 Å². The van der Waals surface area contributed by atoms with E-state index in [1.807, 2.05) is 31.2 Å². The minimum absolute atomic E-state index is 0.0520. The van der Waals surface area contributed by atoms with Gasteiger partial charge in [-0.2, -0.15) is 0 Å². The molecule has 1 N–H and O–H groups in total. The van der Waals surface area contributed by atoms with Crippen molar-refractivity contribution in [1.82, 2.24) is 4.90 Å². The van der Waals surface area contributed by atoms with Crippen molar-refractivity contribution in [3.63, 3.8) is 0 Å². The van der Waals surface area contributed by atoms with Gasteiger partial charge in [0.2, 0.25) is 5.91 Å². The van der Waals surface area contributed by atoms with Crippen LogP contribution in [-0.4, -0.2) is 41.6 Å². The Hall–Kier alpha value is -2.04. The third-order valence-electron chi connectivity index (χ3n) is 5.13. The number of carboxylic acids is 1. The molecule has 0 aromatic heterocycles. The van der Waals surface area contributed by atoms with Gasteiger partial charge in [-0.1, -0.05) is 19.1 Å². The summed E-state index contributed by atoms with van der Waals surface area (Å²) in [5.74, 6) is -0.267. The van der Waals surface area contributed by atoms with Gasteiger partial charge in [-0.25, -0.2) is 0 Å². The SMILES string of the molecule is CCC(CC(=O)N1CCC[C@H](C(=O)O)[C@@H]1C)c1ccc(OC)cc1. The number of methoxy groups -OCH3 is 1. The third kappa shape index (κ3) is 4.08. The van der Waals surface area contributed by atoms with Gasteiger partial charge >= 0.3 is 5.97 Å². The molecule has 1 unspecified atom stereocenters. The van der Waals surface area contributed by atoms with Crippen molar-refractivity contribution in [3.05, 3.63) is 29.8 Å². The van der Waals surface area contributed by atoms with Crippen LogP contribution < -0.4 is 4.74 Å². The number of benzene rings is 1. The quantitative estimate of drug-likeness (QED) is 0.867. The average molecular weight is 333 g/mol. The molecule has 0 radical (unpaired) electrons. The molecule has 5 nitrogen and oxygen atoms in total. The van der Waals surface area contributed by atoms with Gasteiger partial charge in [0.1, 0.15) is 5.75 Å². The number of piperidine rings is 1. The topological polar surface area (TPSA) is 66.8 Å². The second kappa shape index (κ2) is 8.18. The summed E-state index contributed by atoms with van der Waals surface area (Å²) in [6.07, 6.45) is 2.69. The van der Waals surface area contributed by atoms with Gasteiger partial charge in [0.15, 0.2) is 0 Å². The Kier molecular flexibility index (Phi) is 6.23. The predicted molar refractivity (Wildman–Crippen MR) is 92.2 cm³/mol. The maximum atomic E-state index is 12.8. The summed E-state index contributed by atoms with van der Waals surface area (Å²) in [7, 11) is 1.63. The lowest BCUT2D eigenvalue weighted by Gasteiger charge is -2.38. The number of carbonyl (C=O) groups excluding carboxylic acids is 1. The van der Waals surface area contributed by atoms with Crippen molar-refractivity contribution < 1.29 is 19.4 Å². The minimum atomic E-state index is -0.804. The van der Waals surface area contributed by atoms with E-state index in [1.165, 1.54) is 0 Å². The fourth-order valence-corrected chi connectivity index (χ4v) is 3.53. The Morgan fingerprint density at radius 2 is 2.00 bits per heavy atom. The second-order valence-corrected chi connectivity index (χ2v) is 6.50. The lowest BCUT2D eigenvalue weighted by Crippen LogP contribution is -2.49. The summed E-state index contributed by atoms with van der Waals surface area (Å²) in [4.78, 5) is 25.9. The minimum Gasteiger partial charge on any atom is -0.497 e. The monoisotopic (exact) mass is 333 g/mol. The van der Waals surface area contributed by atoms with Gasteiger partial charge in [0, 0.05) is 19.0 Å². The van der Waals surface area contributed by atoms with Crippen LogP contribution in [0.4, 0.5) is 0 Å². The van der Waals surface area contributed by atoms with Crippen molar-refractivity contribution in [1.29, 1.82) is 0 Å². The van der Waals surface area contributed by atoms with E-state index in [2.05, 4.69) is 6.92 Å². The van der Waals surface area contributed by atoms with Gasteiger partial charge in [-0.05, 0) is 49.8 Å². The number of aliphatic carboxylic acids is 1. The average Bonchev–Trinajstić information content (AvgIpc) is 2.59. The maximum Gasteiger partial charge on any atom is 0.308 e. The van der Waals surface area contributed by atoms with Crippen LogP contribution in [0.1, 0.15) is 51.0 Å². The normalized spacial score (nSPS) is 22.0. The van der Waals surface area contributed by atoms with Crippen molar-refractivity contribution in [2.24, 2.45) is 5.92 Å². The third-order valence-corrected chi connectivity index (χ3v) is 5.13. The molecule has 24 heavy (non-hydrogen) atoms. The summed E-state index contributed by atoms with van der Waals surface area (Å²) in [5.41, 5.74) is 1.12. The standard InChI is InChI=1S/C19H27NO4/c1-4-14(15-7-9-16(24-3)10-8-15)12-18(21)20-11-5-6-17(13(20)2)19(22)23/h7-10,13-14,17H,4-6,11-12H2,1-3H3,(H,22,23)/t13-,14?,17-/m0/s1. The Morgan fingerprint density at radius 3 is 2.54 bits per heavy atom. The lowest BCUT2D eigenvalue weighted by molar-refractivity contribution is -0.149. The Morgan fingerprint density at radius 1 is 1.33 bits per heavy atom. The van der Waals surface area contributed by atoms with Gasteiger partial charge < -0.3 is 14.7 Å². The number of rotatable bonds is 6. The summed E-state index contributed by atoms with van der Waals surface area (Å²) in [6, 6.07) is 7.58. The Balaban J connectivity index is 2.06. The first kappa shape index (κ1) is 18.3. The number of hydrogen-bond donors (Lipinski definition) is 1. The van der Waals surface area contributed by atoms with E-state index in [4.69, 9.17) is 4.74 Å². The zero-order valence-electron chi connectivity index (χ0n) is 14.7. The van der Waals surface area contributed by atoms with Crippen LogP contribution in [0.25, 0.3) is 0 Å². The molecule has 132 valence electrons. The highest BCUT2D eigenvalue weighted by atomic mass is 16.5. The van der Waals surface area contributed by atoms with Crippen molar-refractivity contribution in [2.45, 2.75) is 51.5 Å². The maximum absolute atomic E-state index is 12.8.